The van der Waals surface area contributed by atoms with Gasteiger partial charge in [-0.25, -0.2) is 4.98 Å². The summed E-state index contributed by atoms with van der Waals surface area (Å²) in [5.41, 5.74) is 7.37. The van der Waals surface area contributed by atoms with E-state index >= 15 is 0 Å². The Hall–Kier alpha value is -1.17. The van der Waals surface area contributed by atoms with E-state index in [4.69, 9.17) is 5.73 Å². The zero-order chi connectivity index (χ0) is 14.4. The van der Waals surface area contributed by atoms with Crippen LogP contribution in [0, 0.1) is 0 Å². The van der Waals surface area contributed by atoms with Gasteiger partial charge in [-0.15, -0.1) is 23.7 Å². The highest BCUT2D eigenvalue weighted by Crippen LogP contribution is 2.43. The van der Waals surface area contributed by atoms with Gasteiger partial charge in [0.25, 0.3) is 0 Å². The zero-order valence-corrected chi connectivity index (χ0v) is 13.9. The van der Waals surface area contributed by atoms with Crippen molar-refractivity contribution >= 4 is 45.6 Å². The van der Waals surface area contributed by atoms with Gasteiger partial charge in [0.05, 0.1) is 20.8 Å². The molecule has 0 aliphatic heterocycles. The molecule has 0 bridgehead atoms. The topological polar surface area (TPSA) is 68.0 Å². The van der Waals surface area contributed by atoms with Crippen LogP contribution in [0.15, 0.2) is 18.2 Å². The van der Waals surface area contributed by atoms with E-state index in [1.54, 1.807) is 11.3 Å². The summed E-state index contributed by atoms with van der Waals surface area (Å²) in [5, 5.41) is 4.22. The number of thiazole rings is 1. The van der Waals surface area contributed by atoms with Gasteiger partial charge in [-0.3, -0.25) is 4.79 Å². The van der Waals surface area contributed by atoms with Crippen molar-refractivity contribution in [1.82, 2.24) is 4.98 Å². The van der Waals surface area contributed by atoms with Crippen LogP contribution < -0.4 is 11.1 Å². The van der Waals surface area contributed by atoms with Crippen LogP contribution in [-0.2, 0) is 4.79 Å². The van der Waals surface area contributed by atoms with Crippen LogP contribution in [0.5, 0.6) is 0 Å². The number of benzene rings is 1. The first-order valence-corrected chi connectivity index (χ1v) is 8.47. The quantitative estimate of drug-likeness (QED) is 0.895. The lowest BCUT2D eigenvalue weighted by Gasteiger charge is -2.22. The van der Waals surface area contributed by atoms with Crippen LogP contribution >= 0.6 is 23.7 Å². The number of carbonyl (C=O) groups is 1. The van der Waals surface area contributed by atoms with Gasteiger partial charge >= 0.3 is 0 Å². The normalized spacial score (nSPS) is 19.9. The molecule has 0 spiro atoms. The first-order chi connectivity index (χ1) is 10.1. The molecule has 22 heavy (non-hydrogen) atoms. The van der Waals surface area contributed by atoms with Crippen LogP contribution in [0.4, 0.5) is 5.69 Å². The Morgan fingerprint density at radius 3 is 2.73 bits per heavy atom. The largest absolute Gasteiger partial charge is 0.324 e. The molecule has 3 N–H and O–H groups in total. The molecule has 2 aliphatic rings. The van der Waals surface area contributed by atoms with Gasteiger partial charge in [0.15, 0.2) is 0 Å². The molecular formula is C16H20ClN3OS. The van der Waals surface area contributed by atoms with Crippen LogP contribution in [0.1, 0.15) is 49.5 Å². The van der Waals surface area contributed by atoms with E-state index in [9.17, 15) is 4.79 Å². The Balaban J connectivity index is 0.00000144. The molecule has 1 amide bonds. The highest BCUT2D eigenvalue weighted by Gasteiger charge is 2.37. The molecule has 1 aromatic carbocycles. The van der Waals surface area contributed by atoms with Crippen LogP contribution in [0.3, 0.4) is 0 Å². The minimum absolute atomic E-state index is 0. The number of halogens is 1. The number of anilines is 1. The molecule has 4 nitrogen and oxygen atoms in total. The summed E-state index contributed by atoms with van der Waals surface area (Å²) < 4.78 is 1.15. The van der Waals surface area contributed by atoms with Crippen molar-refractivity contribution in [3.8, 4) is 0 Å². The van der Waals surface area contributed by atoms with Gasteiger partial charge in [0, 0.05) is 11.6 Å². The van der Waals surface area contributed by atoms with Crippen molar-refractivity contribution in [2.75, 3.05) is 5.32 Å². The number of fused-ring (bicyclic) bond motifs is 1. The molecule has 2 aromatic rings. The maximum Gasteiger partial charge on any atom is 0.244 e. The second kappa shape index (κ2) is 5.80. The fraction of sp³-hybridized carbons (Fsp3) is 0.500. The lowest BCUT2D eigenvalue weighted by molar-refractivity contribution is -0.121. The third kappa shape index (κ3) is 2.85. The van der Waals surface area contributed by atoms with Crippen LogP contribution in [0.2, 0.25) is 0 Å². The predicted molar refractivity (Wildman–Crippen MR) is 92.9 cm³/mol. The molecule has 0 unspecified atom stereocenters. The summed E-state index contributed by atoms with van der Waals surface area (Å²) in [4.78, 5) is 17.0. The fourth-order valence-electron chi connectivity index (χ4n) is 3.01. The molecular weight excluding hydrogens is 318 g/mol. The molecule has 0 atom stereocenters. The van der Waals surface area contributed by atoms with Crippen molar-refractivity contribution in [3.63, 3.8) is 0 Å². The summed E-state index contributed by atoms with van der Waals surface area (Å²) >= 11 is 1.75. The maximum atomic E-state index is 12.3. The van der Waals surface area contributed by atoms with Crippen molar-refractivity contribution in [3.05, 3.63) is 23.2 Å². The Morgan fingerprint density at radius 1 is 1.32 bits per heavy atom. The average molecular weight is 338 g/mol. The second-order valence-electron chi connectivity index (χ2n) is 6.33. The molecule has 1 aromatic heterocycles. The molecule has 6 heteroatoms. The van der Waals surface area contributed by atoms with E-state index in [2.05, 4.69) is 10.3 Å². The summed E-state index contributed by atoms with van der Waals surface area (Å²) in [6, 6.07) is 5.94. The molecule has 118 valence electrons. The lowest BCUT2D eigenvalue weighted by atomic mass is 9.98. The zero-order valence-electron chi connectivity index (χ0n) is 12.3. The summed E-state index contributed by atoms with van der Waals surface area (Å²) in [6.07, 6.45) is 6.18. The number of nitrogens with zero attached hydrogens (tertiary/aromatic N) is 1. The molecule has 2 aliphatic carbocycles. The highest BCUT2D eigenvalue weighted by molar-refractivity contribution is 7.18. The van der Waals surface area contributed by atoms with Crippen molar-refractivity contribution in [2.24, 2.45) is 5.73 Å². The van der Waals surface area contributed by atoms with Gasteiger partial charge in [-0.2, -0.15) is 0 Å². The molecule has 1 heterocycles. The number of nitrogens with two attached hydrogens (primary N) is 1. The van der Waals surface area contributed by atoms with E-state index in [0.29, 0.717) is 5.92 Å². The minimum Gasteiger partial charge on any atom is -0.324 e. The second-order valence-corrected chi connectivity index (χ2v) is 7.39. The monoisotopic (exact) mass is 337 g/mol. The fourth-order valence-corrected chi connectivity index (χ4v) is 4.19. The van der Waals surface area contributed by atoms with Gasteiger partial charge in [-0.1, -0.05) is 12.8 Å². The van der Waals surface area contributed by atoms with E-state index in [1.807, 2.05) is 18.2 Å². The average Bonchev–Trinajstić information content (AvgIpc) is 3.08. The SMILES string of the molecule is Cl.NC1(C(=O)Nc2ccc3nc(C4CC4)sc3c2)CCCC1. The number of aromatic nitrogens is 1. The maximum absolute atomic E-state index is 12.3. The Morgan fingerprint density at radius 2 is 2.05 bits per heavy atom. The molecule has 4 rings (SSSR count). The highest BCUT2D eigenvalue weighted by atomic mass is 35.5. The predicted octanol–water partition coefficient (Wildman–Crippen LogP) is 3.81. The van der Waals surface area contributed by atoms with Crippen LogP contribution in [0.25, 0.3) is 10.2 Å². The van der Waals surface area contributed by atoms with E-state index in [1.165, 1.54) is 17.8 Å². The Labute approximate surface area is 139 Å². The van der Waals surface area contributed by atoms with E-state index in [-0.39, 0.29) is 18.3 Å². The number of hydrogen-bond donors (Lipinski definition) is 2. The first-order valence-electron chi connectivity index (χ1n) is 7.65. The number of rotatable bonds is 3. The van der Waals surface area contributed by atoms with Gasteiger partial charge < -0.3 is 11.1 Å². The number of amides is 1. The van der Waals surface area contributed by atoms with Gasteiger partial charge in [0.2, 0.25) is 5.91 Å². The van der Waals surface area contributed by atoms with Crippen molar-refractivity contribution in [2.45, 2.75) is 50.0 Å². The third-order valence-corrected chi connectivity index (χ3v) is 5.72. The van der Waals surface area contributed by atoms with E-state index < -0.39 is 5.54 Å². The van der Waals surface area contributed by atoms with Crippen molar-refractivity contribution in [1.29, 1.82) is 0 Å². The van der Waals surface area contributed by atoms with Gasteiger partial charge in [-0.05, 0) is 43.9 Å². The van der Waals surface area contributed by atoms with Crippen molar-refractivity contribution < 1.29 is 4.79 Å². The Bertz CT molecular complexity index is 704. The number of hydrogen-bond acceptors (Lipinski definition) is 4. The van der Waals surface area contributed by atoms with Gasteiger partial charge in [0.1, 0.15) is 0 Å². The van der Waals surface area contributed by atoms with Crippen LogP contribution in [-0.4, -0.2) is 16.4 Å². The molecule has 0 saturated heterocycles. The Kier molecular flexibility index (Phi) is 4.14. The number of nitrogens with one attached hydrogen (secondary N) is 1. The lowest BCUT2D eigenvalue weighted by Crippen LogP contribution is -2.48. The summed E-state index contributed by atoms with van der Waals surface area (Å²) in [7, 11) is 0. The molecule has 2 fully saturated rings. The number of carbonyl (C=O) groups excluding carboxylic acids is 1. The summed E-state index contributed by atoms with van der Waals surface area (Å²) in [5.74, 6) is 0.623. The molecule has 2 saturated carbocycles. The smallest absolute Gasteiger partial charge is 0.244 e. The standard InChI is InChI=1S/C16H19N3OS.ClH/c17-16(7-1-2-8-16)15(20)18-11-5-6-12-13(9-11)21-14(19-12)10-3-4-10;/h5-6,9-10H,1-4,7-8,17H2,(H,18,20);1H. The summed E-state index contributed by atoms with van der Waals surface area (Å²) in [6.45, 7) is 0. The van der Waals surface area contributed by atoms with E-state index in [0.717, 1.165) is 41.6 Å². The third-order valence-electron chi connectivity index (χ3n) is 4.54. The molecule has 0 radical (unpaired) electrons. The first kappa shape index (κ1) is 15.7. The minimum atomic E-state index is -0.679.